The van der Waals surface area contributed by atoms with Crippen LogP contribution in [0.15, 0.2) is 16.6 Å². The monoisotopic (exact) mass is 438 g/mol. The number of nitrogens with zero attached hydrogens (tertiary/aromatic N) is 2. The number of carbonyl (C=O) groups is 1. The fourth-order valence-corrected chi connectivity index (χ4v) is 3.58. The Balaban J connectivity index is 1.62. The van der Waals surface area contributed by atoms with E-state index in [9.17, 15) is 4.79 Å². The van der Waals surface area contributed by atoms with Gasteiger partial charge in [-0.2, -0.15) is 0 Å². The summed E-state index contributed by atoms with van der Waals surface area (Å²) in [5, 5.41) is 6.20. The molecule has 2 aliphatic rings. The number of piperidine rings is 1. The van der Waals surface area contributed by atoms with Gasteiger partial charge in [-0.1, -0.05) is 11.6 Å². The fraction of sp³-hybridized carbons (Fsp3) is 0.826. The van der Waals surface area contributed by atoms with E-state index in [0.29, 0.717) is 13.2 Å². The van der Waals surface area contributed by atoms with Crippen LogP contribution in [-0.4, -0.2) is 81.2 Å². The topological polar surface area (TPSA) is 84.4 Å². The summed E-state index contributed by atoms with van der Waals surface area (Å²) in [6, 6.07) is 0. The molecule has 0 bridgehead atoms. The van der Waals surface area contributed by atoms with Crippen LogP contribution in [0.5, 0.6) is 0 Å². The molecule has 0 aromatic rings. The van der Waals surface area contributed by atoms with E-state index in [0.717, 1.165) is 77.5 Å². The van der Waals surface area contributed by atoms with Crippen LogP contribution in [0.25, 0.3) is 0 Å². The summed E-state index contributed by atoms with van der Waals surface area (Å²) in [6.45, 7) is 14.1. The fourth-order valence-electron chi connectivity index (χ4n) is 3.58. The van der Waals surface area contributed by atoms with Gasteiger partial charge in [0.1, 0.15) is 5.60 Å². The molecule has 0 aromatic heterocycles. The maximum atomic E-state index is 11.6. The highest BCUT2D eigenvalue weighted by Gasteiger charge is 2.22. The van der Waals surface area contributed by atoms with Gasteiger partial charge in [0.25, 0.3) is 0 Å². The number of guanidine groups is 1. The summed E-state index contributed by atoms with van der Waals surface area (Å²) in [4.78, 5) is 18.8. The molecule has 2 heterocycles. The zero-order valence-electron chi connectivity index (χ0n) is 19.9. The molecule has 1 fully saturated rings. The Morgan fingerprint density at radius 2 is 2.06 bits per heavy atom. The minimum absolute atomic E-state index is 0.271. The van der Waals surface area contributed by atoms with Crippen LogP contribution in [0.2, 0.25) is 0 Å². The summed E-state index contributed by atoms with van der Waals surface area (Å²) in [5.41, 5.74) is 0.991. The Morgan fingerprint density at radius 1 is 1.29 bits per heavy atom. The lowest BCUT2D eigenvalue weighted by Crippen LogP contribution is -2.47. The first kappa shape index (κ1) is 25.5. The molecule has 1 amide bonds. The largest absolute Gasteiger partial charge is 0.444 e. The number of hydrogen-bond acceptors (Lipinski definition) is 5. The maximum absolute atomic E-state index is 11.6. The predicted octanol–water partition coefficient (Wildman–Crippen LogP) is 3.08. The summed E-state index contributed by atoms with van der Waals surface area (Å²) < 4.78 is 16.6. The Bertz CT molecular complexity index is 593. The number of amides is 1. The molecule has 0 unspecified atom stereocenters. The normalized spacial score (nSPS) is 18.5. The number of alkyl carbamates (subject to hydrolysis) is 1. The molecule has 0 aromatic carbocycles. The van der Waals surface area contributed by atoms with Crippen molar-refractivity contribution >= 4 is 12.1 Å². The summed E-state index contributed by atoms with van der Waals surface area (Å²) in [7, 11) is 0. The highest BCUT2D eigenvalue weighted by molar-refractivity contribution is 5.80. The van der Waals surface area contributed by atoms with Crippen molar-refractivity contribution in [2.75, 3.05) is 52.5 Å². The van der Waals surface area contributed by atoms with Gasteiger partial charge in [-0.25, -0.2) is 4.79 Å². The van der Waals surface area contributed by atoms with Gasteiger partial charge in [0.15, 0.2) is 5.96 Å². The van der Waals surface area contributed by atoms with Crippen LogP contribution in [0.4, 0.5) is 4.79 Å². The van der Waals surface area contributed by atoms with Gasteiger partial charge in [-0.3, -0.25) is 4.99 Å². The smallest absolute Gasteiger partial charge is 0.407 e. The van der Waals surface area contributed by atoms with Gasteiger partial charge < -0.3 is 29.7 Å². The molecule has 178 valence electrons. The van der Waals surface area contributed by atoms with Crippen LogP contribution < -0.4 is 10.6 Å². The van der Waals surface area contributed by atoms with Crippen molar-refractivity contribution in [3.63, 3.8) is 0 Å². The second-order valence-electron chi connectivity index (χ2n) is 9.01. The van der Waals surface area contributed by atoms with Gasteiger partial charge >= 0.3 is 6.09 Å². The van der Waals surface area contributed by atoms with Crippen molar-refractivity contribution in [2.24, 2.45) is 4.99 Å². The molecule has 2 aliphatic heterocycles. The summed E-state index contributed by atoms with van der Waals surface area (Å²) >= 11 is 0. The van der Waals surface area contributed by atoms with E-state index >= 15 is 0 Å². The number of carbonyl (C=O) groups excluding carboxylic acids is 1. The number of aliphatic imine (C=N–C) groups is 1. The van der Waals surface area contributed by atoms with Crippen LogP contribution in [0.3, 0.4) is 0 Å². The lowest BCUT2D eigenvalue weighted by Gasteiger charge is -2.34. The van der Waals surface area contributed by atoms with Gasteiger partial charge in [-0.15, -0.1) is 0 Å². The van der Waals surface area contributed by atoms with Crippen LogP contribution >= 0.6 is 0 Å². The lowest BCUT2D eigenvalue weighted by molar-refractivity contribution is 0.0170. The number of nitrogens with one attached hydrogen (secondary N) is 2. The molecule has 0 radical (unpaired) electrons. The van der Waals surface area contributed by atoms with E-state index in [2.05, 4.69) is 28.5 Å². The molecule has 8 heteroatoms. The van der Waals surface area contributed by atoms with E-state index in [1.807, 2.05) is 20.8 Å². The SMILES string of the molecule is CCNC(=NCCC1=CCOCC1)N1CCC(OCCCNC(=O)OC(C)(C)C)CC1. The quantitative estimate of drug-likeness (QED) is 0.249. The summed E-state index contributed by atoms with van der Waals surface area (Å²) in [6.07, 6.45) is 6.90. The van der Waals surface area contributed by atoms with Crippen LogP contribution in [-0.2, 0) is 14.2 Å². The first-order valence-electron chi connectivity index (χ1n) is 11.7. The Hall–Kier alpha value is -1.80. The highest BCUT2D eigenvalue weighted by Crippen LogP contribution is 2.15. The molecule has 0 spiro atoms. The molecule has 31 heavy (non-hydrogen) atoms. The molecule has 8 nitrogen and oxygen atoms in total. The third-order valence-corrected chi connectivity index (χ3v) is 5.17. The number of rotatable bonds is 9. The molecule has 1 saturated heterocycles. The second kappa shape index (κ2) is 13.6. The minimum atomic E-state index is -0.467. The van der Waals surface area contributed by atoms with Crippen molar-refractivity contribution in [1.29, 1.82) is 0 Å². The number of hydrogen-bond donors (Lipinski definition) is 2. The van der Waals surface area contributed by atoms with E-state index < -0.39 is 5.60 Å². The van der Waals surface area contributed by atoms with E-state index in [1.165, 1.54) is 5.57 Å². The van der Waals surface area contributed by atoms with Crippen LogP contribution in [0.1, 0.15) is 59.8 Å². The molecule has 0 saturated carbocycles. The summed E-state index contributed by atoms with van der Waals surface area (Å²) in [5.74, 6) is 1.01. The van der Waals surface area contributed by atoms with Crippen molar-refractivity contribution in [3.05, 3.63) is 11.6 Å². The average molecular weight is 439 g/mol. The van der Waals surface area contributed by atoms with Crippen molar-refractivity contribution in [2.45, 2.75) is 71.5 Å². The molecular formula is C23H42N4O4. The molecule has 2 rings (SSSR count). The minimum Gasteiger partial charge on any atom is -0.444 e. The predicted molar refractivity (Wildman–Crippen MR) is 124 cm³/mol. The van der Waals surface area contributed by atoms with Crippen LogP contribution in [0, 0.1) is 0 Å². The van der Waals surface area contributed by atoms with Gasteiger partial charge in [-0.05, 0) is 59.8 Å². The Morgan fingerprint density at radius 3 is 2.71 bits per heavy atom. The molecule has 0 atom stereocenters. The van der Waals surface area contributed by atoms with Gasteiger partial charge in [0.05, 0.1) is 19.3 Å². The molecular weight excluding hydrogens is 396 g/mol. The van der Waals surface area contributed by atoms with E-state index in [4.69, 9.17) is 19.2 Å². The second-order valence-corrected chi connectivity index (χ2v) is 9.01. The maximum Gasteiger partial charge on any atom is 0.407 e. The average Bonchev–Trinajstić information content (AvgIpc) is 2.73. The third kappa shape index (κ3) is 10.9. The standard InChI is InChI=1S/C23H42N4O4/c1-5-24-21(25-13-7-19-10-17-29-18-11-19)27-14-8-20(9-15-27)30-16-6-12-26-22(28)31-23(2,3)4/h10,20H,5-9,11-18H2,1-4H3,(H,24,25)(H,26,28). The van der Waals surface area contributed by atoms with E-state index in [1.54, 1.807) is 0 Å². The third-order valence-electron chi connectivity index (χ3n) is 5.17. The first-order valence-corrected chi connectivity index (χ1v) is 11.7. The zero-order chi connectivity index (χ0) is 22.5. The van der Waals surface area contributed by atoms with Gasteiger partial charge in [0.2, 0.25) is 0 Å². The number of likely N-dealkylation sites (tertiary alicyclic amines) is 1. The first-order chi connectivity index (χ1) is 14.9. The van der Waals surface area contributed by atoms with Crippen molar-refractivity contribution in [1.82, 2.24) is 15.5 Å². The number of ether oxygens (including phenoxy) is 3. The Kier molecular flexibility index (Phi) is 11.2. The van der Waals surface area contributed by atoms with E-state index in [-0.39, 0.29) is 12.2 Å². The molecule has 2 N–H and O–H groups in total. The highest BCUT2D eigenvalue weighted by atomic mass is 16.6. The Labute approximate surface area is 187 Å². The van der Waals surface area contributed by atoms with Crippen molar-refractivity contribution in [3.8, 4) is 0 Å². The molecule has 0 aliphatic carbocycles. The van der Waals surface area contributed by atoms with Crippen molar-refractivity contribution < 1.29 is 19.0 Å². The zero-order valence-corrected chi connectivity index (χ0v) is 19.9. The van der Waals surface area contributed by atoms with Gasteiger partial charge in [0, 0.05) is 39.3 Å². The lowest BCUT2D eigenvalue weighted by atomic mass is 10.1.